The molecule has 0 bridgehead atoms. The molecule has 2 atom stereocenters. The molecule has 0 spiro atoms. The number of methoxy groups -OCH3 is 1. The standard InChI is InChI=1S/C22H25NO4/c1-14-10-21-18(12-16(14)11-15-6-8-17(26-2)9-7-15)22(25)23(13-27-21)19-4-3-5-20(19)24/h6-10,12,19-20,24H,3-5,11,13H2,1-2H3/t19-,20-/m0/s1. The van der Waals surface area contributed by atoms with Crippen LogP contribution in [0.2, 0.25) is 0 Å². The highest BCUT2D eigenvalue weighted by molar-refractivity contribution is 5.98. The third-order valence-electron chi connectivity index (χ3n) is 5.69. The van der Waals surface area contributed by atoms with E-state index in [-0.39, 0.29) is 18.7 Å². The third-order valence-corrected chi connectivity index (χ3v) is 5.69. The van der Waals surface area contributed by atoms with Crippen LogP contribution < -0.4 is 9.47 Å². The van der Waals surface area contributed by atoms with Crippen LogP contribution in [0.1, 0.15) is 46.3 Å². The number of carbonyl (C=O) groups excluding carboxylic acids is 1. The third kappa shape index (κ3) is 3.39. The van der Waals surface area contributed by atoms with Gasteiger partial charge in [-0.2, -0.15) is 0 Å². The van der Waals surface area contributed by atoms with Gasteiger partial charge in [-0.15, -0.1) is 0 Å². The van der Waals surface area contributed by atoms with Crippen molar-refractivity contribution in [3.8, 4) is 11.5 Å². The largest absolute Gasteiger partial charge is 0.497 e. The molecule has 1 heterocycles. The quantitative estimate of drug-likeness (QED) is 0.901. The van der Waals surface area contributed by atoms with Crippen LogP contribution in [-0.4, -0.2) is 41.9 Å². The van der Waals surface area contributed by atoms with E-state index in [0.717, 1.165) is 48.1 Å². The smallest absolute Gasteiger partial charge is 0.260 e. The van der Waals surface area contributed by atoms with Gasteiger partial charge in [0, 0.05) is 0 Å². The van der Waals surface area contributed by atoms with Gasteiger partial charge in [-0.05, 0) is 73.6 Å². The van der Waals surface area contributed by atoms with Crippen LogP contribution in [0.3, 0.4) is 0 Å². The number of aliphatic hydroxyl groups is 1. The molecule has 1 aliphatic heterocycles. The summed E-state index contributed by atoms with van der Waals surface area (Å²) in [6.07, 6.45) is 2.80. The van der Waals surface area contributed by atoms with E-state index >= 15 is 0 Å². The van der Waals surface area contributed by atoms with Crippen molar-refractivity contribution in [1.29, 1.82) is 0 Å². The van der Waals surface area contributed by atoms with Gasteiger partial charge in [0.25, 0.3) is 5.91 Å². The minimum Gasteiger partial charge on any atom is -0.497 e. The predicted octanol–water partition coefficient (Wildman–Crippen LogP) is 3.30. The van der Waals surface area contributed by atoms with Crippen LogP contribution in [0.4, 0.5) is 0 Å². The van der Waals surface area contributed by atoms with Crippen molar-refractivity contribution in [2.45, 2.75) is 44.8 Å². The van der Waals surface area contributed by atoms with Gasteiger partial charge >= 0.3 is 0 Å². The highest BCUT2D eigenvalue weighted by Gasteiger charge is 2.37. The number of aliphatic hydroxyl groups excluding tert-OH is 1. The van der Waals surface area contributed by atoms with Gasteiger partial charge in [-0.3, -0.25) is 9.69 Å². The first kappa shape index (κ1) is 17.9. The van der Waals surface area contributed by atoms with E-state index in [1.54, 1.807) is 12.0 Å². The van der Waals surface area contributed by atoms with Gasteiger partial charge in [0.15, 0.2) is 6.73 Å². The summed E-state index contributed by atoms with van der Waals surface area (Å²) in [5, 5.41) is 10.2. The molecule has 2 aromatic carbocycles. The number of amides is 1. The van der Waals surface area contributed by atoms with Gasteiger partial charge in [-0.25, -0.2) is 0 Å². The van der Waals surface area contributed by atoms with Gasteiger partial charge in [0.2, 0.25) is 0 Å². The van der Waals surface area contributed by atoms with Gasteiger partial charge in [0.05, 0.1) is 24.8 Å². The molecule has 142 valence electrons. The Bertz CT molecular complexity index is 846. The van der Waals surface area contributed by atoms with Crippen LogP contribution in [0, 0.1) is 6.92 Å². The zero-order valence-corrected chi connectivity index (χ0v) is 15.8. The molecule has 1 saturated carbocycles. The maximum absolute atomic E-state index is 13.1. The average molecular weight is 367 g/mol. The second-order valence-corrected chi connectivity index (χ2v) is 7.41. The lowest BCUT2D eigenvalue weighted by atomic mass is 9.96. The molecule has 1 amide bonds. The van der Waals surface area contributed by atoms with E-state index < -0.39 is 6.10 Å². The monoisotopic (exact) mass is 367 g/mol. The molecule has 27 heavy (non-hydrogen) atoms. The van der Waals surface area contributed by atoms with Gasteiger partial charge in [0.1, 0.15) is 11.5 Å². The summed E-state index contributed by atoms with van der Waals surface area (Å²) in [5.41, 5.74) is 3.96. The molecule has 2 aromatic rings. The number of fused-ring (bicyclic) bond motifs is 1. The lowest BCUT2D eigenvalue weighted by Gasteiger charge is -2.35. The number of nitrogens with zero attached hydrogens (tertiary/aromatic N) is 1. The number of hydrogen-bond acceptors (Lipinski definition) is 4. The van der Waals surface area contributed by atoms with Crippen LogP contribution in [-0.2, 0) is 6.42 Å². The summed E-state index contributed by atoms with van der Waals surface area (Å²) in [6, 6.07) is 11.7. The maximum Gasteiger partial charge on any atom is 0.260 e. The number of benzene rings is 2. The zero-order valence-electron chi connectivity index (χ0n) is 15.8. The summed E-state index contributed by atoms with van der Waals surface area (Å²) in [7, 11) is 1.65. The molecule has 1 aliphatic carbocycles. The van der Waals surface area contributed by atoms with Crippen LogP contribution >= 0.6 is 0 Å². The fraction of sp³-hybridized carbons (Fsp3) is 0.409. The summed E-state index contributed by atoms with van der Waals surface area (Å²) >= 11 is 0. The normalized spacial score (nSPS) is 21.7. The van der Waals surface area contributed by atoms with Crippen LogP contribution in [0.25, 0.3) is 0 Å². The Hall–Kier alpha value is -2.53. The first-order valence-corrected chi connectivity index (χ1v) is 9.45. The molecular formula is C22H25NO4. The van der Waals surface area contributed by atoms with E-state index in [1.165, 1.54) is 0 Å². The number of hydrogen-bond donors (Lipinski definition) is 1. The Morgan fingerprint density at radius 1 is 1.22 bits per heavy atom. The lowest BCUT2D eigenvalue weighted by molar-refractivity contribution is 0.0127. The molecule has 0 aromatic heterocycles. The highest BCUT2D eigenvalue weighted by Crippen LogP contribution is 2.33. The minimum absolute atomic E-state index is 0.0434. The average Bonchev–Trinajstić information content (AvgIpc) is 3.09. The summed E-state index contributed by atoms with van der Waals surface area (Å²) < 4.78 is 11.1. The topological polar surface area (TPSA) is 59.0 Å². The van der Waals surface area contributed by atoms with Crippen molar-refractivity contribution in [2.75, 3.05) is 13.8 Å². The first-order chi connectivity index (χ1) is 13.1. The highest BCUT2D eigenvalue weighted by atomic mass is 16.5. The zero-order chi connectivity index (χ0) is 19.0. The summed E-state index contributed by atoms with van der Waals surface area (Å²) in [4.78, 5) is 14.8. The van der Waals surface area contributed by atoms with Crippen molar-refractivity contribution in [2.24, 2.45) is 0 Å². The van der Waals surface area contributed by atoms with Crippen molar-refractivity contribution in [3.63, 3.8) is 0 Å². The fourth-order valence-corrected chi connectivity index (χ4v) is 4.05. The predicted molar refractivity (Wildman–Crippen MR) is 102 cm³/mol. The Morgan fingerprint density at radius 2 is 2.00 bits per heavy atom. The molecule has 5 heteroatoms. The molecule has 1 fully saturated rings. The van der Waals surface area contributed by atoms with Gasteiger partial charge < -0.3 is 14.6 Å². The first-order valence-electron chi connectivity index (χ1n) is 9.45. The van der Waals surface area contributed by atoms with E-state index in [2.05, 4.69) is 0 Å². The van der Waals surface area contributed by atoms with Crippen molar-refractivity contribution >= 4 is 5.91 Å². The van der Waals surface area contributed by atoms with Crippen LogP contribution in [0.15, 0.2) is 36.4 Å². The van der Waals surface area contributed by atoms with Crippen molar-refractivity contribution < 1.29 is 19.4 Å². The second-order valence-electron chi connectivity index (χ2n) is 7.41. The Kier molecular flexibility index (Phi) is 4.79. The van der Waals surface area contributed by atoms with E-state index in [1.807, 2.05) is 43.3 Å². The lowest BCUT2D eigenvalue weighted by Crippen LogP contribution is -2.48. The Labute approximate surface area is 159 Å². The molecule has 4 rings (SSSR count). The maximum atomic E-state index is 13.1. The number of rotatable bonds is 4. The van der Waals surface area contributed by atoms with E-state index in [4.69, 9.17) is 9.47 Å². The SMILES string of the molecule is COc1ccc(Cc2cc3c(cc2C)OCN([C@H]2CCC[C@@H]2O)C3=O)cc1. The molecule has 0 radical (unpaired) electrons. The molecule has 5 nitrogen and oxygen atoms in total. The van der Waals surface area contributed by atoms with Gasteiger partial charge in [-0.1, -0.05) is 12.1 Å². The Balaban J connectivity index is 1.60. The summed E-state index contributed by atoms with van der Waals surface area (Å²) in [6.45, 7) is 2.25. The minimum atomic E-state index is -0.455. The van der Waals surface area contributed by atoms with E-state index in [9.17, 15) is 9.90 Å². The van der Waals surface area contributed by atoms with E-state index in [0.29, 0.717) is 11.3 Å². The molecule has 1 N–H and O–H groups in total. The van der Waals surface area contributed by atoms with Crippen molar-refractivity contribution in [1.82, 2.24) is 4.90 Å². The summed E-state index contributed by atoms with van der Waals surface area (Å²) in [5.74, 6) is 1.42. The number of carbonyl (C=O) groups is 1. The molecular weight excluding hydrogens is 342 g/mol. The molecule has 0 saturated heterocycles. The molecule has 2 aliphatic rings. The van der Waals surface area contributed by atoms with Crippen molar-refractivity contribution in [3.05, 3.63) is 58.7 Å². The second kappa shape index (κ2) is 7.24. The fourth-order valence-electron chi connectivity index (χ4n) is 4.05. The van der Waals surface area contributed by atoms with Crippen LogP contribution in [0.5, 0.6) is 11.5 Å². The molecule has 0 unspecified atom stereocenters. The number of aryl methyl sites for hydroxylation is 1. The number of ether oxygens (including phenoxy) is 2. The Morgan fingerprint density at radius 3 is 2.67 bits per heavy atom.